The van der Waals surface area contributed by atoms with Crippen LogP contribution >= 0.6 is 11.8 Å². The van der Waals surface area contributed by atoms with E-state index in [2.05, 4.69) is 5.48 Å². The molecule has 0 atom stereocenters. The average molecular weight is 569 g/mol. The number of benzene rings is 3. The van der Waals surface area contributed by atoms with Crippen molar-refractivity contribution in [2.75, 3.05) is 12.9 Å². The molecular weight excluding hydrogens is 544 g/mol. The lowest BCUT2D eigenvalue weighted by atomic mass is 9.92. The molecule has 1 aliphatic heterocycles. The first-order valence-corrected chi connectivity index (χ1v) is 13.2. The number of phenolic OH excluding ortho intramolecular Hbond substituents is 1. The van der Waals surface area contributed by atoms with E-state index >= 15 is 0 Å². The number of alkyl halides is 3. The Morgan fingerprint density at radius 3 is 2.45 bits per heavy atom. The van der Waals surface area contributed by atoms with Crippen LogP contribution in [0, 0.1) is 12.7 Å². The molecule has 0 amide bonds. The van der Waals surface area contributed by atoms with Crippen molar-refractivity contribution in [1.29, 1.82) is 0 Å². The van der Waals surface area contributed by atoms with Gasteiger partial charge in [-0.1, -0.05) is 48.5 Å². The zero-order valence-electron chi connectivity index (χ0n) is 21.5. The van der Waals surface area contributed by atoms with Crippen LogP contribution < -0.4 is 11.0 Å². The van der Waals surface area contributed by atoms with E-state index in [1.807, 2.05) is 30.3 Å². The van der Waals surface area contributed by atoms with Crippen molar-refractivity contribution in [1.82, 2.24) is 10.0 Å². The monoisotopic (exact) mass is 568 g/mol. The molecule has 0 bridgehead atoms. The Bertz CT molecular complexity index is 1680. The maximum Gasteiger partial charge on any atom is 0.416 e. The van der Waals surface area contributed by atoms with Gasteiger partial charge in [0.1, 0.15) is 11.6 Å². The van der Waals surface area contributed by atoms with Crippen molar-refractivity contribution in [3.05, 3.63) is 117 Å². The lowest BCUT2D eigenvalue weighted by Gasteiger charge is -2.21. The third-order valence-electron chi connectivity index (χ3n) is 6.79. The van der Waals surface area contributed by atoms with E-state index < -0.39 is 35.1 Å². The normalized spacial score (nSPS) is 14.2. The van der Waals surface area contributed by atoms with Gasteiger partial charge in [-0.3, -0.25) is 19.7 Å². The van der Waals surface area contributed by atoms with Crippen molar-refractivity contribution in [2.45, 2.75) is 24.5 Å². The molecule has 0 unspecified atom stereocenters. The van der Waals surface area contributed by atoms with Gasteiger partial charge in [-0.15, -0.1) is 11.8 Å². The van der Waals surface area contributed by atoms with Gasteiger partial charge in [-0.05, 0) is 47.9 Å². The van der Waals surface area contributed by atoms with E-state index in [4.69, 9.17) is 4.84 Å². The number of nitrogens with zero attached hydrogens (tertiary/aromatic N) is 1. The van der Waals surface area contributed by atoms with Crippen LogP contribution in [-0.2, 0) is 17.4 Å². The lowest BCUT2D eigenvalue weighted by molar-refractivity contribution is -0.138. The minimum atomic E-state index is -4.77. The van der Waals surface area contributed by atoms with E-state index in [0.717, 1.165) is 23.8 Å². The Morgan fingerprint density at radius 2 is 1.77 bits per heavy atom. The summed E-state index contributed by atoms with van der Waals surface area (Å²) in [6.45, 7) is 1.64. The number of hydroxylamine groups is 1. The van der Waals surface area contributed by atoms with Crippen molar-refractivity contribution in [3.8, 4) is 16.9 Å². The molecule has 0 radical (unpaired) electrons. The van der Waals surface area contributed by atoms with Gasteiger partial charge in [-0.25, -0.2) is 4.39 Å². The Balaban J connectivity index is 1.84. The fourth-order valence-corrected chi connectivity index (χ4v) is 6.24. The predicted octanol–water partition coefficient (Wildman–Crippen LogP) is 6.86. The fraction of sp³-hybridized carbons (Fsp3) is 0.167. The summed E-state index contributed by atoms with van der Waals surface area (Å²) >= 11 is 1.28. The van der Waals surface area contributed by atoms with E-state index in [1.54, 1.807) is 19.1 Å². The van der Waals surface area contributed by atoms with Crippen LogP contribution in [0.4, 0.5) is 17.6 Å². The van der Waals surface area contributed by atoms with Gasteiger partial charge in [0.25, 0.3) is 5.56 Å². The van der Waals surface area contributed by atoms with Gasteiger partial charge in [0.2, 0.25) is 0 Å². The van der Waals surface area contributed by atoms with Crippen LogP contribution in [0.1, 0.15) is 27.8 Å². The minimum Gasteiger partial charge on any atom is -0.508 e. The van der Waals surface area contributed by atoms with Crippen molar-refractivity contribution in [2.24, 2.45) is 0 Å². The molecular formula is C30H24F4N2O3S. The van der Waals surface area contributed by atoms with E-state index in [9.17, 15) is 27.5 Å². The maximum absolute atomic E-state index is 15.0. The van der Waals surface area contributed by atoms with Crippen LogP contribution in [0.2, 0.25) is 0 Å². The molecule has 0 aliphatic carbocycles. The Hall–Kier alpha value is -4.02. The summed E-state index contributed by atoms with van der Waals surface area (Å²) in [6.07, 6.45) is -5.16. The molecule has 3 aromatic carbocycles. The molecule has 40 heavy (non-hydrogen) atoms. The van der Waals surface area contributed by atoms with Crippen LogP contribution in [-0.4, -0.2) is 22.5 Å². The van der Waals surface area contributed by atoms with Crippen molar-refractivity contribution in [3.63, 3.8) is 0 Å². The second-order valence-electron chi connectivity index (χ2n) is 9.20. The largest absolute Gasteiger partial charge is 0.508 e. The molecule has 10 heteroatoms. The number of halogens is 4. The van der Waals surface area contributed by atoms with Gasteiger partial charge in [-0.2, -0.15) is 13.2 Å². The number of hydrogen-bond donors (Lipinski definition) is 2. The minimum absolute atomic E-state index is 0.0759. The SMILES string of the molecule is CONC(=C1CSc2c(Cc3c(F)cccc3C(F)(F)F)c(C)c(-c3cccc(O)c3)c(=O)n21)c1ccccc1. The van der Waals surface area contributed by atoms with E-state index in [0.29, 0.717) is 38.9 Å². The Labute approximate surface area is 231 Å². The van der Waals surface area contributed by atoms with Crippen LogP contribution in [0.25, 0.3) is 22.5 Å². The molecule has 0 spiro atoms. The van der Waals surface area contributed by atoms with Crippen LogP contribution in [0.5, 0.6) is 5.75 Å². The number of phenols is 1. The summed E-state index contributed by atoms with van der Waals surface area (Å²) in [7, 11) is 1.44. The third kappa shape index (κ3) is 5.00. The second-order valence-corrected chi connectivity index (χ2v) is 10.2. The van der Waals surface area contributed by atoms with Gasteiger partial charge in [0.05, 0.1) is 34.7 Å². The number of pyridine rings is 1. The molecule has 206 valence electrons. The highest BCUT2D eigenvalue weighted by molar-refractivity contribution is 8.00. The number of thioether (sulfide) groups is 1. The van der Waals surface area contributed by atoms with Crippen molar-refractivity contribution >= 4 is 23.2 Å². The highest BCUT2D eigenvalue weighted by Gasteiger charge is 2.36. The summed E-state index contributed by atoms with van der Waals surface area (Å²) in [4.78, 5) is 19.4. The van der Waals surface area contributed by atoms with Crippen LogP contribution in [0.15, 0.2) is 82.6 Å². The quantitative estimate of drug-likeness (QED) is 0.197. The first-order valence-electron chi connectivity index (χ1n) is 12.2. The molecule has 0 saturated carbocycles. The second kappa shape index (κ2) is 10.9. The summed E-state index contributed by atoms with van der Waals surface area (Å²) in [5.41, 5.74) is 4.03. The molecule has 5 nitrogen and oxygen atoms in total. The Kier molecular flexibility index (Phi) is 7.48. The van der Waals surface area contributed by atoms with Crippen LogP contribution in [0.3, 0.4) is 0 Å². The predicted molar refractivity (Wildman–Crippen MR) is 147 cm³/mol. The summed E-state index contributed by atoms with van der Waals surface area (Å²) in [5.74, 6) is -0.759. The number of rotatable bonds is 6. The molecule has 0 fully saturated rings. The smallest absolute Gasteiger partial charge is 0.416 e. The zero-order valence-corrected chi connectivity index (χ0v) is 22.3. The average Bonchev–Trinajstić information content (AvgIpc) is 3.35. The molecule has 4 aromatic rings. The number of nitrogens with one attached hydrogen (secondary N) is 1. The topological polar surface area (TPSA) is 63.5 Å². The molecule has 2 N–H and O–H groups in total. The Morgan fingerprint density at radius 1 is 1.05 bits per heavy atom. The molecule has 1 aromatic heterocycles. The van der Waals surface area contributed by atoms with Gasteiger partial charge in [0, 0.05) is 23.3 Å². The molecule has 5 rings (SSSR count). The summed E-state index contributed by atoms with van der Waals surface area (Å²) in [5, 5.41) is 10.6. The molecule has 0 saturated heterocycles. The van der Waals surface area contributed by atoms with E-state index in [-0.39, 0.29) is 11.3 Å². The number of aromatic nitrogens is 1. The zero-order chi connectivity index (χ0) is 28.6. The number of aromatic hydroxyl groups is 1. The summed E-state index contributed by atoms with van der Waals surface area (Å²) in [6, 6.07) is 18.1. The standard InChI is InChI=1S/C30H24F4N2O3S/c1-17-21(15-22-23(30(32,33)34)12-7-13-24(22)31)29-36(28(38)26(17)19-10-6-11-20(37)14-19)25(16-40-29)27(35-39-2)18-8-4-3-5-9-18/h3-14,35,37H,15-16H2,1-2H3. The maximum atomic E-state index is 15.0. The first-order chi connectivity index (χ1) is 19.1. The molecule has 2 heterocycles. The van der Waals surface area contributed by atoms with Crippen molar-refractivity contribution < 1.29 is 27.5 Å². The number of hydrogen-bond acceptors (Lipinski definition) is 5. The molecule has 1 aliphatic rings. The lowest BCUT2D eigenvalue weighted by Crippen LogP contribution is -2.26. The van der Waals surface area contributed by atoms with Gasteiger partial charge < -0.3 is 5.11 Å². The highest BCUT2D eigenvalue weighted by atomic mass is 32.2. The highest BCUT2D eigenvalue weighted by Crippen LogP contribution is 2.43. The van der Waals surface area contributed by atoms with Gasteiger partial charge in [0.15, 0.2) is 0 Å². The fourth-order valence-electron chi connectivity index (χ4n) is 4.97. The van der Waals surface area contributed by atoms with E-state index in [1.165, 1.54) is 35.6 Å². The number of fused-ring (bicyclic) bond motifs is 1. The summed E-state index contributed by atoms with van der Waals surface area (Å²) < 4.78 is 58.2. The first kappa shape index (κ1) is 27.5. The van der Waals surface area contributed by atoms with Gasteiger partial charge >= 0.3 is 6.18 Å². The third-order valence-corrected chi connectivity index (χ3v) is 7.91.